The molecule has 0 saturated carbocycles. The minimum absolute atomic E-state index is 0.0303. The number of halogens is 1. The summed E-state index contributed by atoms with van der Waals surface area (Å²) >= 11 is 6.38. The first-order valence-corrected chi connectivity index (χ1v) is 24.7. The van der Waals surface area contributed by atoms with Gasteiger partial charge in [0, 0.05) is 36.1 Å². The number of rotatable bonds is 27. The van der Waals surface area contributed by atoms with Crippen molar-refractivity contribution in [1.82, 2.24) is 10.6 Å². The van der Waals surface area contributed by atoms with Crippen molar-refractivity contribution < 1.29 is 76.3 Å². The Morgan fingerprint density at radius 2 is 1.53 bits per heavy atom. The number of aliphatic carboxylic acids is 1. The van der Waals surface area contributed by atoms with E-state index in [4.69, 9.17) is 59.3 Å². The fraction of sp³-hybridized carbons (Fsp3) is 0.588. The molecule has 21 heteroatoms. The predicted molar refractivity (Wildman–Crippen MR) is 261 cm³/mol. The van der Waals surface area contributed by atoms with Crippen molar-refractivity contribution in [2.24, 2.45) is 27.6 Å². The van der Waals surface area contributed by atoms with Gasteiger partial charge < -0.3 is 58.4 Å². The number of carbonyl (C=O) groups is 5. The van der Waals surface area contributed by atoms with E-state index >= 15 is 0 Å². The van der Waals surface area contributed by atoms with Gasteiger partial charge in [0.15, 0.2) is 6.10 Å². The number of esters is 2. The zero-order chi connectivity index (χ0) is 52.1. The third-order valence-electron chi connectivity index (χ3n) is 11.9. The number of epoxide rings is 1. The summed E-state index contributed by atoms with van der Waals surface area (Å²) in [5.41, 5.74) is 1.33. The minimum atomic E-state index is -1.25. The fourth-order valence-electron chi connectivity index (χ4n) is 7.73. The highest BCUT2D eigenvalue weighted by molar-refractivity contribution is 6.32. The molecule has 0 aliphatic carbocycles. The zero-order valence-corrected chi connectivity index (χ0v) is 42.8. The van der Waals surface area contributed by atoms with Crippen LogP contribution in [0.2, 0.25) is 5.02 Å². The lowest BCUT2D eigenvalue weighted by atomic mass is 9.92. The number of methoxy groups -OCH3 is 1. The molecule has 7 atom stereocenters. The van der Waals surface area contributed by atoms with E-state index in [-0.39, 0.29) is 74.2 Å². The Morgan fingerprint density at radius 1 is 0.889 bits per heavy atom. The Labute approximate surface area is 426 Å². The SMILES string of the molecule is COc1ccc(C[C@H]2NC(=O)/C=C/C[C@@H](C(C)[C@H]3O[C@@H]3c3ccc(C[N+]4(COCCOCCOCCOCCOCCC(=O)O)C=CN=N4)cc3)OC(=O)[C@H](CC(C)C)OC(=O)C(C)(C)CNC2=O)cc1Cl. The van der Waals surface area contributed by atoms with E-state index in [0.717, 1.165) is 11.1 Å². The van der Waals surface area contributed by atoms with Gasteiger partial charge in [0.2, 0.25) is 18.5 Å². The molecule has 0 aromatic heterocycles. The van der Waals surface area contributed by atoms with Crippen LogP contribution in [0, 0.1) is 17.3 Å². The summed E-state index contributed by atoms with van der Waals surface area (Å²) in [6, 6.07) is 12.0. The number of nitrogens with zero attached hydrogens (tertiary/aromatic N) is 3. The zero-order valence-electron chi connectivity index (χ0n) is 42.1. The topological polar surface area (TPSA) is 241 Å². The number of benzene rings is 2. The van der Waals surface area contributed by atoms with E-state index in [1.165, 1.54) is 13.2 Å². The fourth-order valence-corrected chi connectivity index (χ4v) is 8.01. The summed E-state index contributed by atoms with van der Waals surface area (Å²) in [5, 5.41) is 23.1. The molecule has 2 aromatic rings. The molecule has 20 nitrogen and oxygen atoms in total. The molecule has 3 N–H and O–H groups in total. The molecule has 3 aliphatic heterocycles. The Morgan fingerprint density at radius 3 is 2.12 bits per heavy atom. The quantitative estimate of drug-likeness (QED) is 0.0414. The summed E-state index contributed by atoms with van der Waals surface area (Å²) in [5.74, 6) is -3.28. The van der Waals surface area contributed by atoms with Gasteiger partial charge in [-0.05, 0) is 55.5 Å². The van der Waals surface area contributed by atoms with Crippen LogP contribution in [0.4, 0.5) is 0 Å². The van der Waals surface area contributed by atoms with Crippen LogP contribution in [-0.4, -0.2) is 144 Å². The van der Waals surface area contributed by atoms with E-state index in [9.17, 15) is 24.0 Å². The Kier molecular flexibility index (Phi) is 23.0. The second kappa shape index (κ2) is 28.8. The van der Waals surface area contributed by atoms with Crippen LogP contribution in [0.5, 0.6) is 5.75 Å². The number of carboxylic acids is 1. The van der Waals surface area contributed by atoms with Crippen molar-refractivity contribution in [1.29, 1.82) is 0 Å². The summed E-state index contributed by atoms with van der Waals surface area (Å²) in [4.78, 5) is 65.2. The van der Waals surface area contributed by atoms with Crippen molar-refractivity contribution in [3.8, 4) is 5.75 Å². The number of carbonyl (C=O) groups excluding carboxylic acids is 4. The summed E-state index contributed by atoms with van der Waals surface area (Å²) in [6.07, 6.45) is 4.19. The summed E-state index contributed by atoms with van der Waals surface area (Å²) in [6.45, 7) is 12.7. The first-order valence-electron chi connectivity index (χ1n) is 24.3. The highest BCUT2D eigenvalue weighted by atomic mass is 35.5. The third-order valence-corrected chi connectivity index (χ3v) is 12.2. The van der Waals surface area contributed by atoms with Gasteiger partial charge in [-0.2, -0.15) is 0 Å². The van der Waals surface area contributed by atoms with E-state index in [1.807, 2.05) is 51.2 Å². The lowest BCUT2D eigenvalue weighted by Gasteiger charge is -2.29. The third kappa shape index (κ3) is 18.9. The van der Waals surface area contributed by atoms with Gasteiger partial charge in [0.1, 0.15) is 42.9 Å². The Bertz CT molecular complexity index is 2180. The van der Waals surface area contributed by atoms with Crippen molar-refractivity contribution in [2.45, 2.75) is 97.3 Å². The number of hydrogen-bond donors (Lipinski definition) is 3. The highest BCUT2D eigenvalue weighted by Gasteiger charge is 2.48. The number of cyclic esters (lactones) is 2. The molecule has 0 spiro atoms. The van der Waals surface area contributed by atoms with Crippen LogP contribution in [-0.2, 0) is 74.8 Å². The molecule has 72 heavy (non-hydrogen) atoms. The first kappa shape index (κ1) is 57.6. The lowest BCUT2D eigenvalue weighted by molar-refractivity contribution is -0.919. The number of carboxylic acid groups (broad SMARTS) is 1. The monoisotopic (exact) mass is 1030 g/mol. The van der Waals surface area contributed by atoms with Crippen LogP contribution in [0.1, 0.15) is 76.7 Å². The van der Waals surface area contributed by atoms with Crippen molar-refractivity contribution in [3.63, 3.8) is 0 Å². The lowest BCUT2D eigenvalue weighted by Crippen LogP contribution is -2.51. The van der Waals surface area contributed by atoms with E-state index in [0.29, 0.717) is 75.7 Å². The maximum absolute atomic E-state index is 13.9. The number of ether oxygens (including phenoxy) is 9. The van der Waals surface area contributed by atoms with Crippen molar-refractivity contribution >= 4 is 41.3 Å². The van der Waals surface area contributed by atoms with Crippen LogP contribution in [0.3, 0.4) is 0 Å². The average Bonchev–Trinajstić information content (AvgIpc) is 4.01. The molecule has 396 valence electrons. The molecule has 1 fully saturated rings. The van der Waals surface area contributed by atoms with Crippen LogP contribution >= 0.6 is 11.6 Å². The molecule has 5 rings (SSSR count). The normalized spacial score (nSPS) is 24.3. The van der Waals surface area contributed by atoms with Gasteiger partial charge in [0.25, 0.3) is 0 Å². The largest absolute Gasteiger partial charge is 0.495 e. The van der Waals surface area contributed by atoms with Crippen molar-refractivity contribution in [2.75, 3.05) is 79.8 Å². The van der Waals surface area contributed by atoms with Gasteiger partial charge >= 0.3 is 17.9 Å². The molecule has 2 unspecified atom stereocenters. The number of quaternary nitrogens is 1. The van der Waals surface area contributed by atoms with E-state index in [1.54, 1.807) is 44.3 Å². The summed E-state index contributed by atoms with van der Waals surface area (Å²) in [7, 11) is 1.50. The van der Waals surface area contributed by atoms with E-state index in [2.05, 4.69) is 21.0 Å². The summed E-state index contributed by atoms with van der Waals surface area (Å²) < 4.78 is 51.3. The van der Waals surface area contributed by atoms with Gasteiger partial charge in [-0.3, -0.25) is 19.2 Å². The molecular weight excluding hydrogens is 958 g/mol. The highest BCUT2D eigenvalue weighted by Crippen LogP contribution is 2.45. The van der Waals surface area contributed by atoms with E-state index < -0.39 is 53.4 Å². The second-order valence-corrected chi connectivity index (χ2v) is 19.3. The molecule has 3 aliphatic rings. The van der Waals surface area contributed by atoms with Crippen LogP contribution in [0.15, 0.2) is 77.4 Å². The maximum Gasteiger partial charge on any atom is 0.347 e. The molecule has 0 bridgehead atoms. The van der Waals surface area contributed by atoms with Gasteiger partial charge in [0.05, 0.1) is 89.5 Å². The van der Waals surface area contributed by atoms with Crippen molar-refractivity contribution in [3.05, 3.63) is 88.7 Å². The molecular formula is C51H71ClN5O15+. The molecule has 2 amide bonds. The molecule has 1 saturated heterocycles. The smallest absolute Gasteiger partial charge is 0.347 e. The average molecular weight is 1030 g/mol. The molecule has 3 heterocycles. The second-order valence-electron chi connectivity index (χ2n) is 18.9. The Balaban J connectivity index is 1.15. The maximum atomic E-state index is 13.9. The number of nitrogens with one attached hydrogen (secondary N) is 2. The number of hydrogen-bond acceptors (Lipinski definition) is 16. The molecule has 2 aromatic carbocycles. The van der Waals surface area contributed by atoms with Gasteiger partial charge in [-0.1, -0.05) is 68.8 Å². The van der Waals surface area contributed by atoms with Gasteiger partial charge in [-0.15, -0.1) is 9.71 Å². The van der Waals surface area contributed by atoms with Crippen LogP contribution < -0.4 is 15.4 Å². The Hall–Kier alpha value is -5.32. The predicted octanol–water partition coefficient (Wildman–Crippen LogP) is 5.81. The molecule has 0 radical (unpaired) electrons. The number of amides is 2. The van der Waals surface area contributed by atoms with Gasteiger partial charge in [-0.25, -0.2) is 4.79 Å². The van der Waals surface area contributed by atoms with Crippen LogP contribution in [0.25, 0.3) is 0 Å². The standard InChI is InChI=1S/C51H70ClN5O15/c1-34(2)28-43-49(62)70-41(8-7-9-44(58)55-40(30-37-12-15-42(64-6)39(52)29-37)48(61)53-32-51(4,5)50(63)71-43)35(3)46-47(72-46)38-13-10-36(11-14-38)31-57(18-17-54-56-57)33-69-27-26-68-25-24-67-23-22-66-21-20-65-19-16-45(59)60/h7,9-15,17-18,29,34-35,40-41,43,46-47H,8,16,19-28,30-33H2,1-6H3,(H2-,53,55,58,59,60,61)/p+1/b9-7+/t35?,40-,41+,43+,46-,47-,57?/m1/s1. The first-order chi connectivity index (χ1) is 34.5. The minimum Gasteiger partial charge on any atom is -0.495 e.